The molecule has 0 saturated heterocycles. The lowest BCUT2D eigenvalue weighted by molar-refractivity contribution is 0.0276. The number of nitrogens with zero attached hydrogens (tertiary/aromatic N) is 1. The predicted molar refractivity (Wildman–Crippen MR) is 119 cm³/mol. The number of thiophene rings is 1. The normalized spacial score (nSPS) is 12.4. The Kier molecular flexibility index (Phi) is 7.80. The van der Waals surface area contributed by atoms with Crippen LogP contribution in [-0.4, -0.2) is 42.9 Å². The van der Waals surface area contributed by atoms with E-state index in [1.807, 2.05) is 30.3 Å². The summed E-state index contributed by atoms with van der Waals surface area (Å²) in [5, 5.41) is 13.0. The van der Waals surface area contributed by atoms with Crippen molar-refractivity contribution in [1.29, 1.82) is 0 Å². The van der Waals surface area contributed by atoms with Gasteiger partial charge in [-0.3, -0.25) is 0 Å². The van der Waals surface area contributed by atoms with Gasteiger partial charge in [-0.25, -0.2) is 0 Å². The molecule has 0 fully saturated rings. The molecule has 1 aromatic heterocycles. The van der Waals surface area contributed by atoms with E-state index in [0.29, 0.717) is 13.2 Å². The monoisotopic (exact) mass is 395 g/mol. The van der Waals surface area contributed by atoms with Crippen molar-refractivity contribution in [1.82, 2.24) is 4.90 Å². The van der Waals surface area contributed by atoms with E-state index in [-0.39, 0.29) is 0 Å². The van der Waals surface area contributed by atoms with E-state index in [0.717, 1.165) is 46.8 Å². The first-order chi connectivity index (χ1) is 13.7. The van der Waals surface area contributed by atoms with E-state index in [1.165, 1.54) is 0 Å². The summed E-state index contributed by atoms with van der Waals surface area (Å²) in [6.07, 6.45) is -0.655. The molecule has 3 nitrogen and oxygen atoms in total. The molecule has 148 valence electrons. The summed E-state index contributed by atoms with van der Waals surface area (Å²) in [7, 11) is 0. The zero-order chi connectivity index (χ0) is 19.8. The van der Waals surface area contributed by atoms with Crippen LogP contribution in [0.25, 0.3) is 21.6 Å². The van der Waals surface area contributed by atoms with Crippen LogP contribution in [0, 0.1) is 0 Å². The maximum absolute atomic E-state index is 10.9. The number of aliphatic hydroxyl groups is 1. The van der Waals surface area contributed by atoms with Crippen molar-refractivity contribution < 1.29 is 9.84 Å². The van der Waals surface area contributed by atoms with Gasteiger partial charge in [-0.15, -0.1) is 11.3 Å². The minimum atomic E-state index is -0.655. The molecule has 28 heavy (non-hydrogen) atoms. The number of ether oxygens (including phenoxy) is 1. The topological polar surface area (TPSA) is 32.7 Å². The molecule has 4 heteroatoms. The highest BCUT2D eigenvalue weighted by molar-refractivity contribution is 7.13. The van der Waals surface area contributed by atoms with Gasteiger partial charge in [-0.2, -0.15) is 0 Å². The average Bonchev–Trinajstić information content (AvgIpc) is 3.28. The second-order valence-corrected chi connectivity index (χ2v) is 7.68. The Labute approximate surface area is 172 Å². The fraction of sp³-hybridized carbons (Fsp3) is 0.333. The molecule has 2 aromatic carbocycles. The van der Waals surface area contributed by atoms with Gasteiger partial charge in [-0.05, 0) is 41.2 Å². The Morgan fingerprint density at radius 3 is 2.43 bits per heavy atom. The minimum absolute atomic E-state index is 0.303. The quantitative estimate of drug-likeness (QED) is 0.462. The van der Waals surface area contributed by atoms with Gasteiger partial charge in [-0.1, -0.05) is 68.4 Å². The van der Waals surface area contributed by atoms with Gasteiger partial charge in [0.25, 0.3) is 0 Å². The van der Waals surface area contributed by atoms with Crippen molar-refractivity contribution in [2.75, 3.05) is 32.8 Å². The van der Waals surface area contributed by atoms with Crippen LogP contribution >= 0.6 is 11.3 Å². The van der Waals surface area contributed by atoms with Crippen molar-refractivity contribution in [2.24, 2.45) is 0 Å². The van der Waals surface area contributed by atoms with E-state index < -0.39 is 6.10 Å². The van der Waals surface area contributed by atoms with Gasteiger partial charge in [0, 0.05) is 17.0 Å². The van der Waals surface area contributed by atoms with Gasteiger partial charge in [0.15, 0.2) is 0 Å². The number of likely N-dealkylation sites (N-methyl/N-ethyl adjacent to an activating group) is 1. The van der Waals surface area contributed by atoms with Gasteiger partial charge in [0.1, 0.15) is 6.10 Å². The smallest absolute Gasteiger partial charge is 0.103 e. The van der Waals surface area contributed by atoms with Crippen molar-refractivity contribution >= 4 is 11.3 Å². The van der Waals surface area contributed by atoms with E-state index >= 15 is 0 Å². The average molecular weight is 396 g/mol. The van der Waals surface area contributed by atoms with Gasteiger partial charge < -0.3 is 14.7 Å². The molecule has 0 bridgehead atoms. The fourth-order valence-corrected chi connectivity index (χ4v) is 4.23. The summed E-state index contributed by atoms with van der Waals surface area (Å²) in [4.78, 5) is 3.48. The standard InChI is InChI=1S/C24H29NO2S/c1-3-25(4-2)15-16-27-18-22(26)21-13-8-12-20(19-10-6-5-7-11-19)24(21)23-14-9-17-28-23/h5-14,17,22,26H,3-4,15-16,18H2,1-2H3. The molecule has 3 aromatic rings. The minimum Gasteiger partial charge on any atom is -0.386 e. The number of hydrogen-bond donors (Lipinski definition) is 1. The molecule has 0 aliphatic carbocycles. The molecule has 1 atom stereocenters. The first kappa shape index (κ1) is 20.7. The molecule has 1 unspecified atom stereocenters. The summed E-state index contributed by atoms with van der Waals surface area (Å²) in [6.45, 7) is 8.17. The summed E-state index contributed by atoms with van der Waals surface area (Å²) in [5.74, 6) is 0. The van der Waals surface area contributed by atoms with Gasteiger partial charge >= 0.3 is 0 Å². The molecule has 0 saturated carbocycles. The second kappa shape index (κ2) is 10.5. The first-order valence-electron chi connectivity index (χ1n) is 9.95. The highest BCUT2D eigenvalue weighted by Crippen LogP contribution is 2.39. The van der Waals surface area contributed by atoms with E-state index in [9.17, 15) is 5.11 Å². The second-order valence-electron chi connectivity index (χ2n) is 6.73. The van der Waals surface area contributed by atoms with Crippen LogP contribution in [0.1, 0.15) is 25.5 Å². The molecule has 3 rings (SSSR count). The Hall–Kier alpha value is -1.98. The molecular weight excluding hydrogens is 366 g/mol. The van der Waals surface area contributed by atoms with Crippen LogP contribution in [0.15, 0.2) is 66.0 Å². The van der Waals surface area contributed by atoms with Crippen molar-refractivity contribution in [3.8, 4) is 21.6 Å². The highest BCUT2D eigenvalue weighted by atomic mass is 32.1. The summed E-state index contributed by atoms with van der Waals surface area (Å²) in [6, 6.07) is 20.7. The first-order valence-corrected chi connectivity index (χ1v) is 10.8. The summed E-state index contributed by atoms with van der Waals surface area (Å²) >= 11 is 1.70. The van der Waals surface area contributed by atoms with Crippen LogP contribution in [-0.2, 0) is 4.74 Å². The summed E-state index contributed by atoms with van der Waals surface area (Å²) < 4.78 is 5.81. The molecular formula is C24H29NO2S. The van der Waals surface area contributed by atoms with E-state index in [2.05, 4.69) is 54.5 Å². The number of benzene rings is 2. The molecule has 0 amide bonds. The third kappa shape index (κ3) is 5.09. The largest absolute Gasteiger partial charge is 0.386 e. The molecule has 0 aliphatic rings. The van der Waals surface area contributed by atoms with Crippen LogP contribution in [0.5, 0.6) is 0 Å². The zero-order valence-electron chi connectivity index (χ0n) is 16.7. The zero-order valence-corrected chi connectivity index (χ0v) is 17.5. The van der Waals surface area contributed by atoms with Crippen molar-refractivity contribution in [3.63, 3.8) is 0 Å². The molecule has 0 aliphatic heterocycles. The fourth-order valence-electron chi connectivity index (χ4n) is 3.42. The van der Waals surface area contributed by atoms with Crippen molar-refractivity contribution in [2.45, 2.75) is 20.0 Å². The molecule has 1 N–H and O–H groups in total. The molecule has 0 radical (unpaired) electrons. The van der Waals surface area contributed by atoms with Gasteiger partial charge in [0.2, 0.25) is 0 Å². The maximum Gasteiger partial charge on any atom is 0.103 e. The third-order valence-corrected chi connectivity index (χ3v) is 5.92. The highest BCUT2D eigenvalue weighted by Gasteiger charge is 2.19. The molecule has 1 heterocycles. The van der Waals surface area contributed by atoms with E-state index in [1.54, 1.807) is 11.3 Å². The lowest BCUT2D eigenvalue weighted by atomic mass is 9.92. The summed E-state index contributed by atoms with van der Waals surface area (Å²) in [5.41, 5.74) is 4.32. The lowest BCUT2D eigenvalue weighted by Crippen LogP contribution is -2.27. The Morgan fingerprint density at radius 2 is 1.75 bits per heavy atom. The maximum atomic E-state index is 10.9. The SMILES string of the molecule is CCN(CC)CCOCC(O)c1cccc(-c2ccccc2)c1-c1cccs1. The Morgan fingerprint density at radius 1 is 0.964 bits per heavy atom. The number of rotatable bonds is 10. The van der Waals surface area contributed by atoms with E-state index in [4.69, 9.17) is 4.74 Å². The van der Waals surface area contributed by atoms with Crippen LogP contribution < -0.4 is 0 Å². The predicted octanol–water partition coefficient (Wildman–Crippen LogP) is 5.47. The number of hydrogen-bond acceptors (Lipinski definition) is 4. The van der Waals surface area contributed by atoms with Gasteiger partial charge in [0.05, 0.1) is 13.2 Å². The Balaban J connectivity index is 1.82. The lowest BCUT2D eigenvalue weighted by Gasteiger charge is -2.20. The van der Waals surface area contributed by atoms with Crippen molar-refractivity contribution in [3.05, 3.63) is 71.6 Å². The Bertz CT molecular complexity index is 829. The van der Waals surface area contributed by atoms with Crippen LogP contribution in [0.4, 0.5) is 0 Å². The van der Waals surface area contributed by atoms with Crippen LogP contribution in [0.2, 0.25) is 0 Å². The third-order valence-electron chi connectivity index (χ3n) is 5.03. The van der Waals surface area contributed by atoms with Crippen LogP contribution in [0.3, 0.4) is 0 Å². The number of aliphatic hydroxyl groups excluding tert-OH is 1. The molecule has 0 spiro atoms.